The number of carbonyl (C=O) groups is 1. The van der Waals surface area contributed by atoms with Gasteiger partial charge in [-0.05, 0) is 18.4 Å². The van der Waals surface area contributed by atoms with Gasteiger partial charge >= 0.3 is 0 Å². The molecule has 0 aromatic heterocycles. The zero-order valence-electron chi connectivity index (χ0n) is 10.2. The second-order valence-electron chi connectivity index (χ2n) is 3.66. The molecule has 0 aliphatic rings. The van der Waals surface area contributed by atoms with Crippen molar-refractivity contribution in [2.45, 2.75) is 25.6 Å². The van der Waals surface area contributed by atoms with Crippen molar-refractivity contribution < 1.29 is 9.53 Å². The molecule has 1 aromatic carbocycles. The summed E-state index contributed by atoms with van der Waals surface area (Å²) in [5.74, 6) is 4.81. The minimum atomic E-state index is -0.529. The molecule has 3 N–H and O–H groups in total. The average Bonchev–Trinajstić information content (AvgIpc) is 2.39. The number of carbonyl (C=O) groups excluding carboxylic acids is 1. The normalized spacial score (nSPS) is 11.2. The molecule has 0 radical (unpaired) electrons. The Balaban J connectivity index is 0.00000289. The smallest absolute Gasteiger partial charge is 0.263 e. The third-order valence-corrected chi connectivity index (χ3v) is 2.36. The van der Waals surface area contributed by atoms with Crippen molar-refractivity contribution in [2.75, 3.05) is 0 Å². The maximum Gasteiger partial charge on any atom is 0.263 e. The summed E-state index contributed by atoms with van der Waals surface area (Å²) in [6.45, 7) is 4.02. The number of benzene rings is 1. The third-order valence-electron chi connectivity index (χ3n) is 2.36. The summed E-state index contributed by atoms with van der Waals surface area (Å²) in [6, 6.07) is 9.70. The lowest BCUT2D eigenvalue weighted by Gasteiger charge is -2.15. The van der Waals surface area contributed by atoms with Gasteiger partial charge in [-0.3, -0.25) is 10.2 Å². The van der Waals surface area contributed by atoms with Crippen LogP contribution in [0.4, 0.5) is 0 Å². The lowest BCUT2D eigenvalue weighted by atomic mass is 10.2. The van der Waals surface area contributed by atoms with Crippen LogP contribution in [-0.4, -0.2) is 12.0 Å². The van der Waals surface area contributed by atoms with Crippen LogP contribution in [0.5, 0.6) is 0 Å². The average molecular weight is 271 g/mol. The molecule has 0 saturated carbocycles. The Morgan fingerprint density at radius 3 is 2.67 bits per heavy atom. The van der Waals surface area contributed by atoms with Crippen LogP contribution in [0.3, 0.4) is 0 Å². The summed E-state index contributed by atoms with van der Waals surface area (Å²) in [7, 11) is 0. The summed E-state index contributed by atoms with van der Waals surface area (Å²) >= 11 is 0. The number of hydrogen-bond donors (Lipinski definition) is 2. The SMILES string of the molecule is C=CCCC(OCc1ccccc1)C(=O)NN.Cl. The van der Waals surface area contributed by atoms with E-state index in [9.17, 15) is 4.79 Å². The molecule has 1 rings (SSSR count). The van der Waals surface area contributed by atoms with Gasteiger partial charge in [0.25, 0.3) is 5.91 Å². The number of halogens is 1. The Morgan fingerprint density at radius 1 is 1.44 bits per heavy atom. The minimum Gasteiger partial charge on any atom is -0.364 e. The van der Waals surface area contributed by atoms with E-state index in [2.05, 4.69) is 12.0 Å². The van der Waals surface area contributed by atoms with Gasteiger partial charge in [-0.15, -0.1) is 19.0 Å². The van der Waals surface area contributed by atoms with E-state index < -0.39 is 6.10 Å². The Bertz CT molecular complexity index is 357. The predicted molar refractivity (Wildman–Crippen MR) is 74.0 cm³/mol. The molecule has 0 spiro atoms. The van der Waals surface area contributed by atoms with Crippen LogP contribution in [0.2, 0.25) is 0 Å². The van der Waals surface area contributed by atoms with Gasteiger partial charge in [0.1, 0.15) is 6.10 Å². The van der Waals surface area contributed by atoms with Crippen LogP contribution in [0.1, 0.15) is 18.4 Å². The molecule has 1 unspecified atom stereocenters. The molecule has 0 bridgehead atoms. The number of nitrogens with one attached hydrogen (secondary N) is 1. The summed E-state index contributed by atoms with van der Waals surface area (Å²) < 4.78 is 5.54. The number of ether oxygens (including phenoxy) is 1. The fraction of sp³-hybridized carbons (Fsp3) is 0.308. The van der Waals surface area contributed by atoms with Crippen LogP contribution in [0.15, 0.2) is 43.0 Å². The maximum absolute atomic E-state index is 11.4. The Morgan fingerprint density at radius 2 is 2.11 bits per heavy atom. The highest BCUT2D eigenvalue weighted by Gasteiger charge is 2.17. The highest BCUT2D eigenvalue weighted by Crippen LogP contribution is 2.08. The van der Waals surface area contributed by atoms with Crippen molar-refractivity contribution in [2.24, 2.45) is 5.84 Å². The van der Waals surface area contributed by atoms with Gasteiger partial charge in [-0.1, -0.05) is 36.4 Å². The van der Waals surface area contributed by atoms with E-state index in [4.69, 9.17) is 10.6 Å². The summed E-state index contributed by atoms with van der Waals surface area (Å²) in [4.78, 5) is 11.4. The zero-order chi connectivity index (χ0) is 12.5. The van der Waals surface area contributed by atoms with Crippen molar-refractivity contribution in [1.29, 1.82) is 0 Å². The Kier molecular flexibility index (Phi) is 8.92. The molecule has 1 atom stereocenters. The van der Waals surface area contributed by atoms with E-state index in [1.54, 1.807) is 6.08 Å². The Labute approximate surface area is 114 Å². The van der Waals surface area contributed by atoms with Gasteiger partial charge in [-0.25, -0.2) is 5.84 Å². The van der Waals surface area contributed by atoms with E-state index in [1.807, 2.05) is 30.3 Å². The van der Waals surface area contributed by atoms with Crippen LogP contribution < -0.4 is 11.3 Å². The molecule has 0 heterocycles. The largest absolute Gasteiger partial charge is 0.364 e. The van der Waals surface area contributed by atoms with E-state index in [0.29, 0.717) is 19.4 Å². The van der Waals surface area contributed by atoms with Gasteiger partial charge in [0.05, 0.1) is 6.61 Å². The van der Waals surface area contributed by atoms with Gasteiger partial charge < -0.3 is 4.74 Å². The first kappa shape index (κ1) is 16.6. The van der Waals surface area contributed by atoms with Crippen LogP contribution >= 0.6 is 12.4 Å². The number of nitrogens with two attached hydrogens (primary N) is 1. The van der Waals surface area contributed by atoms with Crippen LogP contribution in [0, 0.1) is 0 Å². The number of allylic oxidation sites excluding steroid dienone is 1. The molecular weight excluding hydrogens is 252 g/mol. The molecular formula is C13H19ClN2O2. The molecule has 0 aliphatic heterocycles. The summed E-state index contributed by atoms with van der Waals surface area (Å²) in [6.07, 6.45) is 2.52. The molecule has 4 nitrogen and oxygen atoms in total. The first-order chi connectivity index (χ1) is 8.27. The number of amides is 1. The number of rotatable bonds is 7. The standard InChI is InChI=1S/C13H18N2O2.ClH/c1-2-3-9-12(13(16)15-14)17-10-11-7-5-4-6-8-11;/h2,4-8,12H,1,3,9-10,14H2,(H,15,16);1H. The zero-order valence-corrected chi connectivity index (χ0v) is 11.0. The predicted octanol–water partition coefficient (Wildman–Crippen LogP) is 1.95. The third kappa shape index (κ3) is 5.82. The highest BCUT2D eigenvalue weighted by atomic mass is 35.5. The number of hydrazine groups is 1. The first-order valence-corrected chi connectivity index (χ1v) is 5.54. The molecule has 1 amide bonds. The van der Waals surface area contributed by atoms with Crippen molar-refractivity contribution in [3.63, 3.8) is 0 Å². The molecule has 0 fully saturated rings. The number of hydrogen-bond acceptors (Lipinski definition) is 3. The van der Waals surface area contributed by atoms with Crippen molar-refractivity contribution in [3.8, 4) is 0 Å². The molecule has 1 aromatic rings. The maximum atomic E-state index is 11.4. The molecule has 100 valence electrons. The minimum absolute atomic E-state index is 0. The lowest BCUT2D eigenvalue weighted by molar-refractivity contribution is -0.134. The topological polar surface area (TPSA) is 64.3 Å². The van der Waals surface area contributed by atoms with Crippen molar-refractivity contribution in [3.05, 3.63) is 48.6 Å². The fourth-order valence-corrected chi connectivity index (χ4v) is 1.42. The van der Waals surface area contributed by atoms with Gasteiger partial charge in [0, 0.05) is 0 Å². The van der Waals surface area contributed by atoms with E-state index in [-0.39, 0.29) is 18.3 Å². The second kappa shape index (κ2) is 9.65. The molecule has 0 aliphatic carbocycles. The molecule has 18 heavy (non-hydrogen) atoms. The van der Waals surface area contributed by atoms with Crippen LogP contribution in [0.25, 0.3) is 0 Å². The second-order valence-corrected chi connectivity index (χ2v) is 3.66. The van der Waals surface area contributed by atoms with Crippen molar-refractivity contribution >= 4 is 18.3 Å². The monoisotopic (exact) mass is 270 g/mol. The quantitative estimate of drug-likeness (QED) is 0.344. The highest BCUT2D eigenvalue weighted by molar-refractivity contribution is 5.85. The van der Waals surface area contributed by atoms with E-state index >= 15 is 0 Å². The van der Waals surface area contributed by atoms with Gasteiger partial charge in [-0.2, -0.15) is 0 Å². The van der Waals surface area contributed by atoms with E-state index in [0.717, 1.165) is 5.56 Å². The first-order valence-electron chi connectivity index (χ1n) is 5.54. The molecule has 0 saturated heterocycles. The fourth-order valence-electron chi connectivity index (χ4n) is 1.42. The van der Waals surface area contributed by atoms with Gasteiger partial charge in [0.2, 0.25) is 0 Å². The van der Waals surface area contributed by atoms with Gasteiger partial charge in [0.15, 0.2) is 0 Å². The summed E-state index contributed by atoms with van der Waals surface area (Å²) in [5.41, 5.74) is 3.14. The Hall–Kier alpha value is -1.36. The molecule has 5 heteroatoms. The van der Waals surface area contributed by atoms with E-state index in [1.165, 1.54) is 0 Å². The summed E-state index contributed by atoms with van der Waals surface area (Å²) in [5, 5.41) is 0. The van der Waals surface area contributed by atoms with Crippen LogP contribution in [-0.2, 0) is 16.1 Å². The lowest BCUT2D eigenvalue weighted by Crippen LogP contribution is -2.40. The van der Waals surface area contributed by atoms with Crippen molar-refractivity contribution in [1.82, 2.24) is 5.43 Å².